The highest BCUT2D eigenvalue weighted by atomic mass is 16.2. The molecule has 26 heavy (non-hydrogen) atoms. The number of hydrogen-bond donors (Lipinski definition) is 2. The second-order valence-corrected chi connectivity index (χ2v) is 7.45. The molecule has 1 atom stereocenters. The first-order chi connectivity index (χ1) is 12.7. The third kappa shape index (κ3) is 3.47. The van der Waals surface area contributed by atoms with Crippen molar-refractivity contribution >= 4 is 23.2 Å². The molecular formula is C21H23N3O2. The van der Waals surface area contributed by atoms with E-state index in [1.165, 1.54) is 38.3 Å². The molecule has 1 aromatic carbocycles. The van der Waals surface area contributed by atoms with Crippen LogP contribution in [0.1, 0.15) is 48.9 Å². The summed E-state index contributed by atoms with van der Waals surface area (Å²) in [5.74, 6) is 0.0454. The molecule has 0 aliphatic heterocycles. The van der Waals surface area contributed by atoms with Crippen LogP contribution in [0, 0.1) is 11.3 Å². The van der Waals surface area contributed by atoms with Gasteiger partial charge in [-0.3, -0.25) is 14.6 Å². The van der Waals surface area contributed by atoms with Crippen molar-refractivity contribution in [2.24, 2.45) is 11.3 Å². The van der Waals surface area contributed by atoms with Crippen molar-refractivity contribution in [2.45, 2.75) is 38.5 Å². The van der Waals surface area contributed by atoms with E-state index in [1.54, 1.807) is 24.4 Å². The molecule has 4 rings (SSSR count). The molecule has 5 heteroatoms. The van der Waals surface area contributed by atoms with Crippen molar-refractivity contribution in [1.82, 2.24) is 4.98 Å². The summed E-state index contributed by atoms with van der Waals surface area (Å²) in [5, 5.41) is 5.87. The zero-order valence-corrected chi connectivity index (χ0v) is 14.7. The molecule has 2 N–H and O–H groups in total. The maximum absolute atomic E-state index is 12.6. The summed E-state index contributed by atoms with van der Waals surface area (Å²) < 4.78 is 0. The number of carbonyl (C=O) groups is 2. The molecule has 1 aromatic heterocycles. The summed E-state index contributed by atoms with van der Waals surface area (Å²) in [6.45, 7) is 0. The third-order valence-corrected chi connectivity index (χ3v) is 5.67. The number of rotatable bonds is 4. The topological polar surface area (TPSA) is 71.1 Å². The first-order valence-electron chi connectivity index (χ1n) is 9.29. The van der Waals surface area contributed by atoms with Crippen LogP contribution >= 0.6 is 0 Å². The Kier molecular flexibility index (Phi) is 4.45. The molecule has 0 bridgehead atoms. The molecule has 2 aliphatic carbocycles. The predicted octanol–water partition coefficient (Wildman–Crippen LogP) is 4.24. The quantitative estimate of drug-likeness (QED) is 0.867. The summed E-state index contributed by atoms with van der Waals surface area (Å²) in [7, 11) is 0. The van der Waals surface area contributed by atoms with Crippen molar-refractivity contribution in [2.75, 3.05) is 10.6 Å². The molecule has 2 amide bonds. The molecular weight excluding hydrogens is 326 g/mol. The van der Waals surface area contributed by atoms with E-state index in [2.05, 4.69) is 15.6 Å². The van der Waals surface area contributed by atoms with Gasteiger partial charge in [0.05, 0.1) is 5.56 Å². The highest BCUT2D eigenvalue weighted by molar-refractivity contribution is 6.04. The Hall–Kier alpha value is -2.69. The Morgan fingerprint density at radius 2 is 1.77 bits per heavy atom. The van der Waals surface area contributed by atoms with Gasteiger partial charge in [-0.1, -0.05) is 25.3 Å². The van der Waals surface area contributed by atoms with E-state index in [0.29, 0.717) is 11.3 Å². The Morgan fingerprint density at radius 1 is 1.00 bits per heavy atom. The number of hydrogen-bond acceptors (Lipinski definition) is 3. The maximum Gasteiger partial charge on any atom is 0.257 e. The van der Waals surface area contributed by atoms with Gasteiger partial charge < -0.3 is 10.6 Å². The Labute approximate surface area is 153 Å². The molecule has 1 unspecified atom stereocenters. The Morgan fingerprint density at radius 3 is 2.50 bits per heavy atom. The van der Waals surface area contributed by atoms with Gasteiger partial charge in [0.2, 0.25) is 5.91 Å². The lowest BCUT2D eigenvalue weighted by Crippen LogP contribution is -2.20. The van der Waals surface area contributed by atoms with Crippen LogP contribution in [0.4, 0.5) is 11.4 Å². The van der Waals surface area contributed by atoms with E-state index >= 15 is 0 Å². The number of pyridine rings is 1. The number of nitrogens with one attached hydrogen (secondary N) is 2. The molecule has 1 heterocycles. The molecule has 0 saturated heterocycles. The molecule has 2 fully saturated rings. The van der Waals surface area contributed by atoms with Crippen LogP contribution in [0.3, 0.4) is 0 Å². The number of nitrogens with zero attached hydrogens (tertiary/aromatic N) is 1. The molecule has 2 aliphatic rings. The maximum atomic E-state index is 12.6. The average molecular weight is 349 g/mol. The average Bonchev–Trinajstić information content (AvgIpc) is 3.36. The lowest BCUT2D eigenvalue weighted by molar-refractivity contribution is -0.118. The highest BCUT2D eigenvalue weighted by Gasteiger charge is 2.57. The lowest BCUT2D eigenvalue weighted by Gasteiger charge is -2.22. The highest BCUT2D eigenvalue weighted by Crippen LogP contribution is 2.61. The van der Waals surface area contributed by atoms with Gasteiger partial charge in [-0.05, 0) is 55.0 Å². The van der Waals surface area contributed by atoms with Gasteiger partial charge in [-0.2, -0.15) is 0 Å². The smallest absolute Gasteiger partial charge is 0.257 e. The minimum absolute atomic E-state index is 0.114. The Balaban J connectivity index is 1.39. The summed E-state index contributed by atoms with van der Waals surface area (Å²) in [6, 6.07) is 10.7. The van der Waals surface area contributed by atoms with Crippen molar-refractivity contribution in [1.29, 1.82) is 0 Å². The summed E-state index contributed by atoms with van der Waals surface area (Å²) in [5.41, 5.74) is 2.14. The minimum Gasteiger partial charge on any atom is -0.326 e. The number of aromatic nitrogens is 1. The largest absolute Gasteiger partial charge is 0.326 e. The van der Waals surface area contributed by atoms with E-state index in [9.17, 15) is 9.59 Å². The molecule has 2 saturated carbocycles. The predicted molar refractivity (Wildman–Crippen MR) is 101 cm³/mol. The summed E-state index contributed by atoms with van der Waals surface area (Å²) in [4.78, 5) is 28.8. The standard InChI is InChI=1S/C21H23N3O2/c25-19(15-6-5-11-22-14-15)23-16-7-4-8-17(12-16)24-20(26)18-13-21(18)9-2-1-3-10-21/h4-8,11-12,14,18H,1-3,9-10,13H2,(H,23,25)(H,24,26). The van der Waals surface area contributed by atoms with Gasteiger partial charge in [0.25, 0.3) is 5.91 Å². The molecule has 1 spiro atoms. The summed E-state index contributed by atoms with van der Waals surface area (Å²) >= 11 is 0. The van der Waals surface area contributed by atoms with E-state index in [4.69, 9.17) is 0 Å². The number of anilines is 2. The fourth-order valence-electron chi connectivity index (χ4n) is 4.13. The van der Waals surface area contributed by atoms with Crippen LogP contribution < -0.4 is 10.6 Å². The molecule has 2 aromatic rings. The van der Waals surface area contributed by atoms with Gasteiger partial charge in [0, 0.05) is 29.7 Å². The monoisotopic (exact) mass is 349 g/mol. The van der Waals surface area contributed by atoms with Crippen LogP contribution in [0.5, 0.6) is 0 Å². The first-order valence-corrected chi connectivity index (χ1v) is 9.29. The van der Waals surface area contributed by atoms with Crippen LogP contribution in [0.15, 0.2) is 48.8 Å². The molecule has 0 radical (unpaired) electrons. The first kappa shape index (κ1) is 16.8. The SMILES string of the molecule is O=C(Nc1cccc(NC(=O)C2CC23CCCCC3)c1)c1cccnc1. The van der Waals surface area contributed by atoms with E-state index in [1.807, 2.05) is 18.2 Å². The fourth-order valence-corrected chi connectivity index (χ4v) is 4.13. The van der Waals surface area contributed by atoms with Crippen molar-refractivity contribution < 1.29 is 9.59 Å². The lowest BCUT2D eigenvalue weighted by atomic mass is 9.84. The van der Waals surface area contributed by atoms with Crippen molar-refractivity contribution in [3.05, 3.63) is 54.4 Å². The summed E-state index contributed by atoms with van der Waals surface area (Å²) in [6.07, 6.45) is 10.4. The number of benzene rings is 1. The van der Waals surface area contributed by atoms with Gasteiger partial charge in [-0.15, -0.1) is 0 Å². The van der Waals surface area contributed by atoms with E-state index in [-0.39, 0.29) is 23.1 Å². The number of carbonyl (C=O) groups excluding carboxylic acids is 2. The van der Waals surface area contributed by atoms with Crippen LogP contribution in [-0.4, -0.2) is 16.8 Å². The van der Waals surface area contributed by atoms with E-state index in [0.717, 1.165) is 12.1 Å². The van der Waals surface area contributed by atoms with Crippen LogP contribution in [-0.2, 0) is 4.79 Å². The van der Waals surface area contributed by atoms with Crippen molar-refractivity contribution in [3.63, 3.8) is 0 Å². The van der Waals surface area contributed by atoms with E-state index < -0.39 is 0 Å². The number of amides is 2. The zero-order valence-electron chi connectivity index (χ0n) is 14.7. The van der Waals surface area contributed by atoms with Gasteiger partial charge in [0.1, 0.15) is 0 Å². The Bertz CT molecular complexity index is 813. The third-order valence-electron chi connectivity index (χ3n) is 5.67. The van der Waals surface area contributed by atoms with Gasteiger partial charge >= 0.3 is 0 Å². The minimum atomic E-state index is -0.218. The van der Waals surface area contributed by atoms with Gasteiger partial charge in [-0.25, -0.2) is 0 Å². The van der Waals surface area contributed by atoms with Crippen molar-refractivity contribution in [3.8, 4) is 0 Å². The fraction of sp³-hybridized carbons (Fsp3) is 0.381. The molecule has 5 nitrogen and oxygen atoms in total. The second kappa shape index (κ2) is 6.90. The second-order valence-electron chi connectivity index (χ2n) is 7.45. The zero-order chi connectivity index (χ0) is 18.0. The van der Waals surface area contributed by atoms with Gasteiger partial charge in [0.15, 0.2) is 0 Å². The van der Waals surface area contributed by atoms with Crippen LogP contribution in [0.25, 0.3) is 0 Å². The molecule has 134 valence electrons. The van der Waals surface area contributed by atoms with Crippen LogP contribution in [0.2, 0.25) is 0 Å². The normalized spacial score (nSPS) is 20.4.